The zero-order valence-electron chi connectivity index (χ0n) is 15.6. The molecule has 1 aromatic heterocycles. The molecule has 0 spiro atoms. The molecule has 3 aromatic rings. The van der Waals surface area contributed by atoms with Crippen LogP contribution in [-0.4, -0.2) is 5.97 Å². The second-order valence-electron chi connectivity index (χ2n) is 7.24. The molecule has 1 heterocycles. The van der Waals surface area contributed by atoms with Crippen LogP contribution in [-0.2, 0) is 24.2 Å². The quantitative estimate of drug-likeness (QED) is 0.503. The molecule has 0 N–H and O–H groups in total. The van der Waals surface area contributed by atoms with Gasteiger partial charge in [0.15, 0.2) is 0 Å². The summed E-state index contributed by atoms with van der Waals surface area (Å²) in [5.74, 6) is -0.367. The van der Waals surface area contributed by atoms with Crippen LogP contribution < -0.4 is 5.63 Å². The summed E-state index contributed by atoms with van der Waals surface area (Å²) in [7, 11) is 0. The van der Waals surface area contributed by atoms with Gasteiger partial charge >= 0.3 is 11.6 Å². The molecule has 138 valence electrons. The molecule has 4 nitrogen and oxygen atoms in total. The normalized spacial score (nSPS) is 13.4. The van der Waals surface area contributed by atoms with Crippen LogP contribution in [0.5, 0.6) is 0 Å². The van der Waals surface area contributed by atoms with Gasteiger partial charge in [0, 0.05) is 17.0 Å². The third kappa shape index (κ3) is 3.39. The second-order valence-corrected chi connectivity index (χ2v) is 7.24. The van der Waals surface area contributed by atoms with Crippen LogP contribution in [0, 0.1) is 13.8 Å². The van der Waals surface area contributed by atoms with Crippen molar-refractivity contribution in [2.75, 3.05) is 0 Å². The number of rotatable bonds is 3. The Bertz CT molecular complexity index is 1090. The Morgan fingerprint density at radius 1 is 1.04 bits per heavy atom. The fourth-order valence-electron chi connectivity index (χ4n) is 3.73. The molecular weight excluding hydrogens is 340 g/mol. The van der Waals surface area contributed by atoms with Crippen molar-refractivity contribution in [3.8, 4) is 0 Å². The highest BCUT2D eigenvalue weighted by molar-refractivity contribution is 5.90. The summed E-state index contributed by atoms with van der Waals surface area (Å²) in [5.41, 5.74) is 5.90. The molecule has 0 saturated heterocycles. The molecule has 27 heavy (non-hydrogen) atoms. The van der Waals surface area contributed by atoms with Gasteiger partial charge in [-0.25, -0.2) is 9.59 Å². The van der Waals surface area contributed by atoms with Gasteiger partial charge < -0.3 is 9.15 Å². The molecule has 1 aliphatic rings. The largest absolute Gasteiger partial charge is 0.457 e. The molecule has 2 aromatic carbocycles. The van der Waals surface area contributed by atoms with Crippen LogP contribution in [0.4, 0.5) is 0 Å². The summed E-state index contributed by atoms with van der Waals surface area (Å²) in [6.07, 6.45) is 4.46. The van der Waals surface area contributed by atoms with Crippen LogP contribution in [0.2, 0.25) is 0 Å². The van der Waals surface area contributed by atoms with Gasteiger partial charge in [-0.3, -0.25) is 0 Å². The first kappa shape index (κ1) is 17.5. The molecule has 0 amide bonds. The fourth-order valence-corrected chi connectivity index (χ4v) is 3.73. The number of ether oxygens (including phenoxy) is 1. The summed E-state index contributed by atoms with van der Waals surface area (Å²) in [6.45, 7) is 3.93. The van der Waals surface area contributed by atoms with Crippen molar-refractivity contribution in [2.45, 2.75) is 46.1 Å². The summed E-state index contributed by atoms with van der Waals surface area (Å²) in [5, 5.41) is 0.802. The molecule has 0 atom stereocenters. The first-order chi connectivity index (χ1) is 13.0. The number of aryl methyl sites for hydroxylation is 4. The first-order valence-electron chi connectivity index (χ1n) is 9.35. The Labute approximate surface area is 157 Å². The summed E-state index contributed by atoms with van der Waals surface area (Å²) in [4.78, 5) is 24.5. The van der Waals surface area contributed by atoms with Crippen molar-refractivity contribution in [1.82, 2.24) is 0 Å². The molecule has 0 fully saturated rings. The lowest BCUT2D eigenvalue weighted by Crippen LogP contribution is -2.10. The monoisotopic (exact) mass is 362 g/mol. The third-order valence-corrected chi connectivity index (χ3v) is 5.46. The van der Waals surface area contributed by atoms with Crippen LogP contribution in [0.3, 0.4) is 0 Å². The highest BCUT2D eigenvalue weighted by Crippen LogP contribution is 2.25. The van der Waals surface area contributed by atoms with E-state index in [4.69, 9.17) is 9.15 Å². The average Bonchev–Trinajstić information content (AvgIpc) is 2.68. The molecule has 0 saturated carbocycles. The van der Waals surface area contributed by atoms with Crippen molar-refractivity contribution in [3.63, 3.8) is 0 Å². The number of carbonyl (C=O) groups is 1. The predicted octanol–water partition coefficient (Wildman–Crippen LogP) is 4.65. The predicted molar refractivity (Wildman–Crippen MR) is 104 cm³/mol. The van der Waals surface area contributed by atoms with Gasteiger partial charge in [-0.1, -0.05) is 18.2 Å². The smallest absolute Gasteiger partial charge is 0.338 e. The third-order valence-electron chi connectivity index (χ3n) is 5.46. The Balaban J connectivity index is 1.59. The van der Waals surface area contributed by atoms with Gasteiger partial charge in [-0.15, -0.1) is 0 Å². The zero-order valence-corrected chi connectivity index (χ0v) is 15.6. The summed E-state index contributed by atoms with van der Waals surface area (Å²) in [6, 6.07) is 11.1. The lowest BCUT2D eigenvalue weighted by molar-refractivity contribution is 0.0473. The Hall–Kier alpha value is -2.88. The van der Waals surface area contributed by atoms with E-state index >= 15 is 0 Å². The van der Waals surface area contributed by atoms with Gasteiger partial charge in [-0.2, -0.15) is 0 Å². The van der Waals surface area contributed by atoms with Crippen molar-refractivity contribution < 1.29 is 13.9 Å². The average molecular weight is 362 g/mol. The Morgan fingerprint density at radius 3 is 2.63 bits per heavy atom. The highest BCUT2D eigenvalue weighted by atomic mass is 16.5. The van der Waals surface area contributed by atoms with Crippen LogP contribution >= 0.6 is 0 Å². The molecular formula is C23H22O4. The standard InChI is InChI=1S/C23H22O4/c1-14-7-10-20-19(12-21(24)27-22(20)15(14)2)13-26-23(25)18-9-8-16-5-3-4-6-17(16)11-18/h7-12H,3-6,13H2,1-2H3. The number of carbonyl (C=O) groups excluding carboxylic acids is 1. The number of fused-ring (bicyclic) bond motifs is 2. The minimum Gasteiger partial charge on any atom is -0.457 e. The fraction of sp³-hybridized carbons (Fsp3) is 0.304. The number of benzene rings is 2. The van der Waals surface area contributed by atoms with E-state index in [1.165, 1.54) is 23.6 Å². The SMILES string of the molecule is Cc1ccc2c(COC(=O)c3ccc4c(c3)CCCC4)cc(=O)oc2c1C. The van der Waals surface area contributed by atoms with E-state index in [0.29, 0.717) is 16.7 Å². The van der Waals surface area contributed by atoms with Gasteiger partial charge in [0.25, 0.3) is 0 Å². The van der Waals surface area contributed by atoms with Crippen LogP contribution in [0.1, 0.15) is 51.0 Å². The van der Waals surface area contributed by atoms with E-state index in [2.05, 4.69) is 0 Å². The Morgan fingerprint density at radius 2 is 1.81 bits per heavy atom. The molecule has 0 aliphatic heterocycles. The maximum absolute atomic E-state index is 12.5. The minimum atomic E-state index is -0.434. The van der Waals surface area contributed by atoms with Crippen molar-refractivity contribution in [1.29, 1.82) is 0 Å². The van der Waals surface area contributed by atoms with Gasteiger partial charge in [0.2, 0.25) is 0 Å². The molecule has 0 radical (unpaired) electrons. The van der Waals surface area contributed by atoms with Crippen molar-refractivity contribution in [3.05, 3.63) is 80.2 Å². The maximum atomic E-state index is 12.5. The Kier molecular flexibility index (Phi) is 4.56. The lowest BCUT2D eigenvalue weighted by Gasteiger charge is -2.16. The molecule has 0 bridgehead atoms. The second kappa shape index (κ2) is 7.03. The van der Waals surface area contributed by atoms with Crippen LogP contribution in [0.25, 0.3) is 11.0 Å². The van der Waals surface area contributed by atoms with Gasteiger partial charge in [0.05, 0.1) is 5.56 Å². The van der Waals surface area contributed by atoms with Gasteiger partial charge in [0.1, 0.15) is 12.2 Å². The maximum Gasteiger partial charge on any atom is 0.338 e. The van der Waals surface area contributed by atoms with E-state index in [0.717, 1.165) is 35.8 Å². The van der Waals surface area contributed by atoms with Crippen molar-refractivity contribution >= 4 is 16.9 Å². The van der Waals surface area contributed by atoms with E-state index in [-0.39, 0.29) is 12.6 Å². The molecule has 0 unspecified atom stereocenters. The van der Waals surface area contributed by atoms with E-state index in [1.54, 1.807) is 0 Å². The van der Waals surface area contributed by atoms with Crippen LogP contribution in [0.15, 0.2) is 45.6 Å². The number of hydrogen-bond donors (Lipinski definition) is 0. The van der Waals surface area contributed by atoms with E-state index < -0.39 is 5.63 Å². The first-order valence-corrected chi connectivity index (χ1v) is 9.35. The van der Waals surface area contributed by atoms with Gasteiger partial charge in [-0.05, 0) is 73.9 Å². The minimum absolute atomic E-state index is 0.0422. The molecule has 4 rings (SSSR count). The number of esters is 1. The van der Waals surface area contributed by atoms with E-state index in [1.807, 2.05) is 44.2 Å². The molecule has 4 heteroatoms. The highest BCUT2D eigenvalue weighted by Gasteiger charge is 2.15. The lowest BCUT2D eigenvalue weighted by atomic mass is 9.90. The molecule has 1 aliphatic carbocycles. The zero-order chi connectivity index (χ0) is 19.0. The topological polar surface area (TPSA) is 56.5 Å². The number of hydrogen-bond acceptors (Lipinski definition) is 4. The van der Waals surface area contributed by atoms with E-state index in [9.17, 15) is 9.59 Å². The van der Waals surface area contributed by atoms with Crippen molar-refractivity contribution in [2.24, 2.45) is 0 Å². The summed E-state index contributed by atoms with van der Waals surface area (Å²) < 4.78 is 10.9. The summed E-state index contributed by atoms with van der Waals surface area (Å²) >= 11 is 0.